The lowest BCUT2D eigenvalue weighted by molar-refractivity contribution is 0.0679. The van der Waals surface area contributed by atoms with Gasteiger partial charge >= 0.3 is 0 Å². The van der Waals surface area contributed by atoms with E-state index in [4.69, 9.17) is 9.47 Å². The van der Waals surface area contributed by atoms with Gasteiger partial charge in [0, 0.05) is 30.9 Å². The van der Waals surface area contributed by atoms with Crippen LogP contribution in [0.1, 0.15) is 39.8 Å². The minimum atomic E-state index is -0.223. The van der Waals surface area contributed by atoms with E-state index in [1.165, 1.54) is 0 Å². The third-order valence-corrected chi connectivity index (χ3v) is 5.64. The van der Waals surface area contributed by atoms with Crippen molar-refractivity contribution in [3.05, 3.63) is 89.7 Å². The molecule has 0 spiro atoms. The van der Waals surface area contributed by atoms with Crippen molar-refractivity contribution in [2.24, 2.45) is 0 Å². The van der Waals surface area contributed by atoms with Crippen molar-refractivity contribution in [1.29, 1.82) is 0 Å². The summed E-state index contributed by atoms with van der Waals surface area (Å²) < 4.78 is 10.8. The number of nitrogens with one attached hydrogen (secondary N) is 1. The third kappa shape index (κ3) is 5.49. The van der Waals surface area contributed by atoms with Crippen LogP contribution in [0.4, 0.5) is 0 Å². The van der Waals surface area contributed by atoms with Crippen LogP contribution in [-0.2, 0) is 6.42 Å². The normalized spacial score (nSPS) is 12.8. The van der Waals surface area contributed by atoms with Crippen molar-refractivity contribution >= 4 is 11.8 Å². The SMILES string of the molecule is CCN(C(=O)c1ccc2c(c1)OCO2)[C@H](CCNC(=O)c1ccccn1)Cc1ccccc1. The molecule has 2 amide bonds. The Balaban J connectivity index is 1.49. The number of carbonyl (C=O) groups is 2. The summed E-state index contributed by atoms with van der Waals surface area (Å²) in [4.78, 5) is 31.8. The van der Waals surface area contributed by atoms with E-state index in [1.807, 2.05) is 30.0 Å². The van der Waals surface area contributed by atoms with E-state index < -0.39 is 0 Å². The number of pyridine rings is 1. The highest BCUT2D eigenvalue weighted by Gasteiger charge is 2.26. The molecule has 1 N–H and O–H groups in total. The van der Waals surface area contributed by atoms with E-state index in [1.54, 1.807) is 42.6 Å². The standard InChI is InChI=1S/C26H27N3O4/c1-2-29(26(31)20-11-12-23-24(17-20)33-18-32-23)21(16-19-8-4-3-5-9-19)13-15-28-25(30)22-10-6-7-14-27-22/h3-12,14,17,21H,2,13,15-16,18H2,1H3,(H,28,30)/t21-/m1/s1. The number of fused-ring (bicyclic) bond motifs is 1. The summed E-state index contributed by atoms with van der Waals surface area (Å²) in [7, 11) is 0. The minimum Gasteiger partial charge on any atom is -0.454 e. The maximum atomic E-state index is 13.5. The van der Waals surface area contributed by atoms with Crippen molar-refractivity contribution in [2.45, 2.75) is 25.8 Å². The fraction of sp³-hybridized carbons (Fsp3) is 0.269. The molecule has 1 aliphatic rings. The first-order chi connectivity index (χ1) is 16.2. The summed E-state index contributed by atoms with van der Waals surface area (Å²) in [6.07, 6.45) is 2.89. The van der Waals surface area contributed by atoms with Crippen LogP contribution >= 0.6 is 0 Å². The second kappa shape index (κ2) is 10.6. The van der Waals surface area contributed by atoms with Gasteiger partial charge in [-0.1, -0.05) is 36.4 Å². The zero-order valence-corrected chi connectivity index (χ0v) is 18.6. The summed E-state index contributed by atoms with van der Waals surface area (Å²) in [5.74, 6) is 0.929. The quantitative estimate of drug-likeness (QED) is 0.543. The van der Waals surface area contributed by atoms with Crippen LogP contribution in [0.25, 0.3) is 0 Å². The molecule has 33 heavy (non-hydrogen) atoms. The van der Waals surface area contributed by atoms with Gasteiger partial charge in [-0.05, 0) is 55.7 Å². The fourth-order valence-corrected chi connectivity index (χ4v) is 3.96. The van der Waals surface area contributed by atoms with Gasteiger partial charge in [-0.3, -0.25) is 14.6 Å². The van der Waals surface area contributed by atoms with Crippen molar-refractivity contribution < 1.29 is 19.1 Å². The second-order valence-corrected chi connectivity index (χ2v) is 7.76. The fourth-order valence-electron chi connectivity index (χ4n) is 3.96. The number of aromatic nitrogens is 1. The number of nitrogens with zero attached hydrogens (tertiary/aromatic N) is 2. The average Bonchev–Trinajstić information content (AvgIpc) is 3.33. The molecule has 0 aliphatic carbocycles. The molecule has 4 rings (SSSR count). The maximum absolute atomic E-state index is 13.5. The van der Waals surface area contributed by atoms with Gasteiger partial charge in [-0.25, -0.2) is 0 Å². The molecule has 7 heteroatoms. The van der Waals surface area contributed by atoms with Gasteiger partial charge in [0.25, 0.3) is 11.8 Å². The van der Waals surface area contributed by atoms with Gasteiger partial charge in [-0.2, -0.15) is 0 Å². The Hall–Kier alpha value is -3.87. The molecule has 3 aromatic rings. The van der Waals surface area contributed by atoms with E-state index in [-0.39, 0.29) is 24.6 Å². The van der Waals surface area contributed by atoms with Crippen molar-refractivity contribution in [1.82, 2.24) is 15.2 Å². The van der Waals surface area contributed by atoms with Gasteiger partial charge in [0.15, 0.2) is 11.5 Å². The molecule has 1 aliphatic heterocycles. The lowest BCUT2D eigenvalue weighted by Crippen LogP contribution is -2.43. The Morgan fingerprint density at radius 1 is 1.03 bits per heavy atom. The van der Waals surface area contributed by atoms with Gasteiger partial charge in [0.1, 0.15) is 5.69 Å². The summed E-state index contributed by atoms with van der Waals surface area (Å²) in [5, 5.41) is 2.93. The Labute approximate surface area is 193 Å². The monoisotopic (exact) mass is 445 g/mol. The predicted octanol–water partition coefficient (Wildman–Crippen LogP) is 3.70. The molecule has 2 heterocycles. The average molecular weight is 446 g/mol. The van der Waals surface area contributed by atoms with Crippen LogP contribution in [-0.4, -0.2) is 47.6 Å². The molecule has 0 saturated carbocycles. The Morgan fingerprint density at radius 3 is 2.58 bits per heavy atom. The van der Waals surface area contributed by atoms with Gasteiger partial charge < -0.3 is 19.7 Å². The zero-order valence-electron chi connectivity index (χ0n) is 18.6. The van der Waals surface area contributed by atoms with Crippen molar-refractivity contribution in [3.8, 4) is 11.5 Å². The first kappa shape index (κ1) is 22.3. The molecule has 0 unspecified atom stereocenters. The third-order valence-electron chi connectivity index (χ3n) is 5.64. The summed E-state index contributed by atoms with van der Waals surface area (Å²) >= 11 is 0. The Bertz CT molecular complexity index is 1090. The molecule has 1 atom stereocenters. The number of ether oxygens (including phenoxy) is 2. The van der Waals surface area contributed by atoms with Crippen LogP contribution < -0.4 is 14.8 Å². The highest BCUT2D eigenvalue weighted by molar-refractivity contribution is 5.95. The van der Waals surface area contributed by atoms with Crippen LogP contribution in [0.15, 0.2) is 72.9 Å². The summed E-state index contributed by atoms with van der Waals surface area (Å²) in [5.41, 5.74) is 2.06. The lowest BCUT2D eigenvalue weighted by Gasteiger charge is -2.31. The number of amides is 2. The van der Waals surface area contributed by atoms with E-state index in [0.717, 1.165) is 5.56 Å². The van der Waals surface area contributed by atoms with Crippen molar-refractivity contribution in [2.75, 3.05) is 19.9 Å². The van der Waals surface area contributed by atoms with Gasteiger partial charge in [-0.15, -0.1) is 0 Å². The van der Waals surface area contributed by atoms with E-state index in [2.05, 4.69) is 22.4 Å². The van der Waals surface area contributed by atoms with Crippen LogP contribution in [0.3, 0.4) is 0 Å². The van der Waals surface area contributed by atoms with Gasteiger partial charge in [0.05, 0.1) is 0 Å². The number of carbonyl (C=O) groups excluding carboxylic acids is 2. The summed E-state index contributed by atoms with van der Waals surface area (Å²) in [6, 6.07) is 20.5. The van der Waals surface area contributed by atoms with E-state index in [0.29, 0.717) is 48.7 Å². The smallest absolute Gasteiger partial charge is 0.269 e. The number of rotatable bonds is 9. The molecule has 170 valence electrons. The summed E-state index contributed by atoms with van der Waals surface area (Å²) in [6.45, 7) is 3.10. The molecule has 0 radical (unpaired) electrons. The number of hydrogen-bond acceptors (Lipinski definition) is 5. The maximum Gasteiger partial charge on any atom is 0.269 e. The molecular weight excluding hydrogens is 418 g/mol. The lowest BCUT2D eigenvalue weighted by atomic mass is 10.0. The second-order valence-electron chi connectivity index (χ2n) is 7.76. The minimum absolute atomic E-state index is 0.0761. The number of likely N-dealkylation sites (N-methyl/N-ethyl adjacent to an activating group) is 1. The van der Waals surface area contributed by atoms with E-state index >= 15 is 0 Å². The molecule has 1 aromatic heterocycles. The Kier molecular flexibility index (Phi) is 7.19. The number of benzene rings is 2. The largest absolute Gasteiger partial charge is 0.454 e. The molecular formula is C26H27N3O4. The molecule has 2 aromatic carbocycles. The molecule has 0 saturated heterocycles. The first-order valence-electron chi connectivity index (χ1n) is 11.1. The predicted molar refractivity (Wildman–Crippen MR) is 124 cm³/mol. The molecule has 7 nitrogen and oxygen atoms in total. The first-order valence-corrected chi connectivity index (χ1v) is 11.1. The topological polar surface area (TPSA) is 80.8 Å². The van der Waals surface area contributed by atoms with E-state index in [9.17, 15) is 9.59 Å². The molecule has 0 fully saturated rings. The highest BCUT2D eigenvalue weighted by Crippen LogP contribution is 2.33. The Morgan fingerprint density at radius 2 is 1.82 bits per heavy atom. The number of hydrogen-bond donors (Lipinski definition) is 1. The van der Waals surface area contributed by atoms with Crippen LogP contribution in [0.5, 0.6) is 11.5 Å². The van der Waals surface area contributed by atoms with Crippen molar-refractivity contribution in [3.63, 3.8) is 0 Å². The van der Waals surface area contributed by atoms with Gasteiger partial charge in [0.2, 0.25) is 6.79 Å². The van der Waals surface area contributed by atoms with Crippen LogP contribution in [0.2, 0.25) is 0 Å². The molecule has 0 bridgehead atoms. The zero-order chi connectivity index (χ0) is 23.0. The highest BCUT2D eigenvalue weighted by atomic mass is 16.7. The van der Waals surface area contributed by atoms with Crippen LogP contribution in [0, 0.1) is 0 Å².